The minimum Gasteiger partial charge on any atom is -0.468 e. The van der Waals surface area contributed by atoms with E-state index in [1.165, 1.54) is 7.11 Å². The summed E-state index contributed by atoms with van der Waals surface area (Å²) in [5.74, 6) is -0.318. The highest BCUT2D eigenvalue weighted by Crippen LogP contribution is 2.30. The molecule has 0 aliphatic rings. The third-order valence-electron chi connectivity index (χ3n) is 2.21. The van der Waals surface area contributed by atoms with Crippen molar-refractivity contribution < 1.29 is 13.9 Å². The van der Waals surface area contributed by atoms with E-state index in [9.17, 15) is 4.79 Å². The molecule has 2 aromatic rings. The van der Waals surface area contributed by atoms with Crippen LogP contribution in [0.25, 0.3) is 11.0 Å². The van der Waals surface area contributed by atoms with E-state index in [-0.39, 0.29) is 5.97 Å². The average Bonchev–Trinajstić information content (AvgIpc) is 2.65. The molecule has 0 fully saturated rings. The van der Waals surface area contributed by atoms with E-state index in [1.807, 2.05) is 24.3 Å². The van der Waals surface area contributed by atoms with Crippen LogP contribution in [0, 0.1) is 0 Å². The molecule has 0 unspecified atom stereocenters. The molecule has 3 nitrogen and oxygen atoms in total. The van der Waals surface area contributed by atoms with Crippen molar-refractivity contribution in [3.05, 3.63) is 34.5 Å². The summed E-state index contributed by atoms with van der Waals surface area (Å²) in [6.45, 7) is 0. The summed E-state index contributed by atoms with van der Waals surface area (Å²) in [4.78, 5) is 10.9. The van der Waals surface area contributed by atoms with E-state index in [4.69, 9.17) is 4.42 Å². The van der Waals surface area contributed by atoms with Gasteiger partial charge in [0.1, 0.15) is 10.4 Å². The molecule has 16 heavy (non-hydrogen) atoms. The summed E-state index contributed by atoms with van der Waals surface area (Å²) in [5, 5.41) is 0.942. The molecule has 84 valence electrons. The third kappa shape index (κ3) is 2.15. The molecule has 0 amide bonds. The minimum atomic E-state index is -0.449. The fraction of sp³-hybridized carbons (Fsp3) is 0.182. The lowest BCUT2D eigenvalue weighted by Crippen LogP contribution is -2.07. The maximum atomic E-state index is 11.4. The minimum absolute atomic E-state index is 0.318. The number of rotatable bonds is 2. The van der Waals surface area contributed by atoms with E-state index in [0.717, 1.165) is 16.5 Å². The number of carbonyl (C=O) groups excluding carboxylic acids is 1. The number of esters is 1. The quantitative estimate of drug-likeness (QED) is 0.612. The average molecular weight is 348 g/mol. The molecule has 0 bridgehead atoms. The van der Waals surface area contributed by atoms with E-state index >= 15 is 0 Å². The lowest BCUT2D eigenvalue weighted by molar-refractivity contribution is -0.139. The maximum Gasteiger partial charge on any atom is 0.323 e. The zero-order chi connectivity index (χ0) is 11.7. The topological polar surface area (TPSA) is 39.4 Å². The molecule has 0 spiro atoms. The van der Waals surface area contributed by atoms with Crippen molar-refractivity contribution in [2.75, 3.05) is 7.11 Å². The number of halogens is 2. The fourth-order valence-corrected chi connectivity index (χ4v) is 2.32. The summed E-state index contributed by atoms with van der Waals surface area (Å²) in [5.41, 5.74) is 1.62. The first-order chi connectivity index (χ1) is 7.61. The van der Waals surface area contributed by atoms with Crippen LogP contribution >= 0.6 is 31.9 Å². The molecule has 2 rings (SSSR count). The predicted octanol–water partition coefficient (Wildman–Crippen LogP) is 3.80. The molecule has 0 radical (unpaired) electrons. The van der Waals surface area contributed by atoms with Gasteiger partial charge in [-0.2, -0.15) is 0 Å². The third-order valence-corrected chi connectivity index (χ3v) is 3.50. The Morgan fingerprint density at radius 3 is 2.88 bits per heavy atom. The fourth-order valence-electron chi connectivity index (χ4n) is 1.43. The van der Waals surface area contributed by atoms with Crippen LogP contribution in [0.1, 0.15) is 10.4 Å². The van der Waals surface area contributed by atoms with Gasteiger partial charge < -0.3 is 9.15 Å². The van der Waals surface area contributed by atoms with Gasteiger partial charge in [-0.1, -0.05) is 22.0 Å². The second kappa shape index (κ2) is 4.59. The van der Waals surface area contributed by atoms with Crippen LogP contribution in [0.5, 0.6) is 0 Å². The Morgan fingerprint density at radius 2 is 2.19 bits per heavy atom. The van der Waals surface area contributed by atoms with Gasteiger partial charge >= 0.3 is 5.97 Å². The molecule has 1 aromatic carbocycles. The Morgan fingerprint density at radius 1 is 1.44 bits per heavy atom. The second-order valence-corrected chi connectivity index (χ2v) is 4.93. The molecule has 0 aliphatic carbocycles. The highest BCUT2D eigenvalue weighted by atomic mass is 79.9. The van der Waals surface area contributed by atoms with Gasteiger partial charge in [0.2, 0.25) is 0 Å². The van der Waals surface area contributed by atoms with Gasteiger partial charge in [0.25, 0.3) is 0 Å². The number of methoxy groups -OCH3 is 1. The Bertz CT molecular complexity index is 533. The van der Waals surface area contributed by atoms with Crippen molar-refractivity contribution in [2.24, 2.45) is 0 Å². The van der Waals surface area contributed by atoms with Gasteiger partial charge in [0, 0.05) is 5.39 Å². The van der Waals surface area contributed by atoms with Crippen LogP contribution in [-0.2, 0) is 9.53 Å². The van der Waals surface area contributed by atoms with E-state index < -0.39 is 4.83 Å². The van der Waals surface area contributed by atoms with Crippen LogP contribution in [0.2, 0.25) is 0 Å². The number of ether oxygens (including phenoxy) is 1. The lowest BCUT2D eigenvalue weighted by atomic mass is 10.1. The number of fused-ring (bicyclic) bond motifs is 1. The molecule has 0 saturated carbocycles. The molecule has 1 atom stereocenters. The Hall–Kier alpha value is -0.810. The molecule has 0 N–H and O–H groups in total. The Kier molecular flexibility index (Phi) is 3.35. The van der Waals surface area contributed by atoms with Gasteiger partial charge in [-0.05, 0) is 39.7 Å². The monoisotopic (exact) mass is 346 g/mol. The van der Waals surface area contributed by atoms with Crippen molar-refractivity contribution in [1.29, 1.82) is 0 Å². The number of carbonyl (C=O) groups is 1. The van der Waals surface area contributed by atoms with Crippen molar-refractivity contribution in [3.63, 3.8) is 0 Å². The Balaban J connectivity index is 2.42. The summed E-state index contributed by atoms with van der Waals surface area (Å²) < 4.78 is 10.7. The van der Waals surface area contributed by atoms with Crippen molar-refractivity contribution in [1.82, 2.24) is 0 Å². The number of alkyl halides is 1. The van der Waals surface area contributed by atoms with Crippen LogP contribution in [0.4, 0.5) is 0 Å². The number of benzene rings is 1. The molecule has 1 aromatic heterocycles. The normalized spacial score (nSPS) is 12.7. The van der Waals surface area contributed by atoms with Crippen molar-refractivity contribution >= 4 is 48.8 Å². The first-order valence-corrected chi connectivity index (χ1v) is 6.23. The number of furan rings is 1. The molecule has 0 aliphatic heterocycles. The molecule has 5 heteroatoms. The summed E-state index contributed by atoms with van der Waals surface area (Å²) in [6, 6.07) is 7.40. The molecular formula is C11H8Br2O3. The maximum absolute atomic E-state index is 11.4. The SMILES string of the molecule is COC(=O)[C@H](Br)c1ccc2oc(Br)cc2c1. The zero-order valence-electron chi connectivity index (χ0n) is 8.37. The highest BCUT2D eigenvalue weighted by molar-refractivity contribution is 9.10. The summed E-state index contributed by atoms with van der Waals surface area (Å²) >= 11 is 6.55. The van der Waals surface area contributed by atoms with Crippen molar-refractivity contribution in [2.45, 2.75) is 4.83 Å². The smallest absolute Gasteiger partial charge is 0.323 e. The number of hydrogen-bond donors (Lipinski definition) is 0. The van der Waals surface area contributed by atoms with E-state index in [2.05, 4.69) is 36.6 Å². The summed E-state index contributed by atoms with van der Waals surface area (Å²) in [7, 11) is 1.36. The standard InChI is InChI=1S/C11H8Br2O3/c1-15-11(14)10(13)6-2-3-8-7(4-6)5-9(12)16-8/h2-5,10H,1H3/t10-/m1/s1. The van der Waals surface area contributed by atoms with Crippen LogP contribution in [-0.4, -0.2) is 13.1 Å². The number of hydrogen-bond acceptors (Lipinski definition) is 3. The van der Waals surface area contributed by atoms with Gasteiger partial charge in [0.15, 0.2) is 4.67 Å². The van der Waals surface area contributed by atoms with E-state index in [0.29, 0.717) is 4.67 Å². The Labute approximate surface area is 109 Å². The van der Waals surface area contributed by atoms with Crippen LogP contribution in [0.15, 0.2) is 33.4 Å². The lowest BCUT2D eigenvalue weighted by Gasteiger charge is -2.07. The molecule has 0 saturated heterocycles. The summed E-state index contributed by atoms with van der Waals surface area (Å²) in [6.07, 6.45) is 0. The molecular weight excluding hydrogens is 340 g/mol. The first kappa shape index (κ1) is 11.7. The largest absolute Gasteiger partial charge is 0.468 e. The second-order valence-electron chi connectivity index (χ2n) is 3.23. The van der Waals surface area contributed by atoms with Crippen molar-refractivity contribution in [3.8, 4) is 0 Å². The predicted molar refractivity (Wildman–Crippen MR) is 67.6 cm³/mol. The van der Waals surface area contributed by atoms with Gasteiger partial charge in [-0.25, -0.2) is 0 Å². The van der Waals surface area contributed by atoms with Gasteiger partial charge in [0.05, 0.1) is 7.11 Å². The van der Waals surface area contributed by atoms with Crippen LogP contribution in [0.3, 0.4) is 0 Å². The first-order valence-electron chi connectivity index (χ1n) is 4.52. The van der Waals surface area contributed by atoms with Crippen LogP contribution < -0.4 is 0 Å². The highest BCUT2D eigenvalue weighted by Gasteiger charge is 2.18. The van der Waals surface area contributed by atoms with Gasteiger partial charge in [-0.3, -0.25) is 4.79 Å². The van der Waals surface area contributed by atoms with E-state index in [1.54, 1.807) is 0 Å². The van der Waals surface area contributed by atoms with Gasteiger partial charge in [-0.15, -0.1) is 0 Å². The molecule has 1 heterocycles. The zero-order valence-corrected chi connectivity index (χ0v) is 11.5.